The zero-order valence-corrected chi connectivity index (χ0v) is 5.61. The second-order valence-corrected chi connectivity index (χ2v) is 1.88. The zero-order valence-electron chi connectivity index (χ0n) is 5.61. The van der Waals surface area contributed by atoms with E-state index in [1.165, 1.54) is 12.4 Å². The maximum Gasteiger partial charge on any atom is 0.282 e. The van der Waals surface area contributed by atoms with Crippen LogP contribution < -0.4 is 4.73 Å². The van der Waals surface area contributed by atoms with E-state index in [0.29, 0.717) is 16.8 Å². The highest BCUT2D eigenvalue weighted by Crippen LogP contribution is 2.05. The van der Waals surface area contributed by atoms with Crippen molar-refractivity contribution < 1.29 is 9.84 Å². The normalized spacial score (nSPS) is 9.70. The van der Waals surface area contributed by atoms with E-state index in [1.807, 2.05) is 0 Å². The fourth-order valence-corrected chi connectivity index (χ4v) is 0.741. The van der Waals surface area contributed by atoms with Gasteiger partial charge in [-0.2, -0.15) is 4.73 Å². The summed E-state index contributed by atoms with van der Waals surface area (Å²) in [6, 6.07) is 0. The van der Waals surface area contributed by atoms with Gasteiger partial charge in [-0.05, 0) is 0 Å². The van der Waals surface area contributed by atoms with Crippen LogP contribution >= 0.6 is 0 Å². The fraction of sp³-hybridized carbons (Fsp3) is 0.333. The maximum atomic E-state index is 10.8. The highest BCUT2D eigenvalue weighted by atomic mass is 16.5. The van der Waals surface area contributed by atoms with Gasteiger partial charge in [0.15, 0.2) is 6.20 Å². The molecule has 54 valence electrons. The van der Waals surface area contributed by atoms with Crippen LogP contribution in [0.1, 0.15) is 12.6 Å². The Balaban J connectivity index is 3.17. The molecule has 1 aromatic heterocycles. The first-order valence-corrected chi connectivity index (χ1v) is 3.01. The Morgan fingerprint density at radius 1 is 1.80 bits per heavy atom. The Morgan fingerprint density at radius 3 is 2.90 bits per heavy atom. The van der Waals surface area contributed by atoms with Crippen LogP contribution in [0.25, 0.3) is 0 Å². The predicted octanol–water partition coefficient (Wildman–Crippen LogP) is -0.0170. The molecular formula is C6H8N2O2. The van der Waals surface area contributed by atoms with Gasteiger partial charge in [-0.25, -0.2) is 4.98 Å². The molecule has 4 nitrogen and oxygen atoms in total. The highest BCUT2D eigenvalue weighted by Gasteiger charge is 2.08. The summed E-state index contributed by atoms with van der Waals surface area (Å²) >= 11 is 0. The molecule has 0 saturated heterocycles. The van der Waals surface area contributed by atoms with Crippen LogP contribution in [0.4, 0.5) is 0 Å². The third-order valence-corrected chi connectivity index (χ3v) is 1.26. The number of hydrogen-bond donors (Lipinski definition) is 1. The van der Waals surface area contributed by atoms with Gasteiger partial charge in [-0.1, -0.05) is 6.92 Å². The Bertz CT molecular complexity index is 217. The molecule has 4 heteroatoms. The first-order chi connectivity index (χ1) is 4.75. The molecule has 0 aliphatic rings. The summed E-state index contributed by atoms with van der Waals surface area (Å²) in [5.41, 5.74) is 0.308. The molecule has 1 N–H and O–H groups in total. The number of aromatic hydroxyl groups is 1. The third kappa shape index (κ3) is 1.00. The van der Waals surface area contributed by atoms with Crippen LogP contribution in [-0.2, 0) is 6.42 Å². The van der Waals surface area contributed by atoms with Crippen molar-refractivity contribution in [3.05, 3.63) is 23.3 Å². The summed E-state index contributed by atoms with van der Waals surface area (Å²) in [6.45, 7) is 1.78. The van der Waals surface area contributed by atoms with E-state index in [9.17, 15) is 5.21 Å². The Kier molecular flexibility index (Phi) is 1.71. The van der Waals surface area contributed by atoms with Crippen molar-refractivity contribution in [1.29, 1.82) is 0 Å². The van der Waals surface area contributed by atoms with Gasteiger partial charge in [0.1, 0.15) is 0 Å². The number of nitrogens with zero attached hydrogens (tertiary/aromatic N) is 2. The Labute approximate surface area is 58.4 Å². The molecule has 0 saturated carbocycles. The molecule has 0 fully saturated rings. The van der Waals surface area contributed by atoms with Gasteiger partial charge in [0, 0.05) is 6.42 Å². The summed E-state index contributed by atoms with van der Waals surface area (Å²) < 4.78 is 0.613. The SMILES string of the molecule is CCc1c(O)ncc[n+]1[O-]. The van der Waals surface area contributed by atoms with Gasteiger partial charge in [0.2, 0.25) is 0 Å². The van der Waals surface area contributed by atoms with Crippen molar-refractivity contribution in [2.75, 3.05) is 0 Å². The number of hydrogen-bond acceptors (Lipinski definition) is 3. The third-order valence-electron chi connectivity index (χ3n) is 1.26. The summed E-state index contributed by atoms with van der Waals surface area (Å²) in [6.07, 6.45) is 3.02. The standard InChI is InChI=1S/C6H8N2O2/c1-2-5-6(9)7-3-4-8(5)10/h3-4H,2H2,1H3,(H,7,9). The van der Waals surface area contributed by atoms with Gasteiger partial charge < -0.3 is 10.3 Å². The minimum Gasteiger partial charge on any atom is -0.618 e. The van der Waals surface area contributed by atoms with Crippen LogP contribution in [0.3, 0.4) is 0 Å². The highest BCUT2D eigenvalue weighted by molar-refractivity contribution is 5.09. The van der Waals surface area contributed by atoms with Crippen LogP contribution in [0.5, 0.6) is 5.88 Å². The van der Waals surface area contributed by atoms with E-state index < -0.39 is 0 Å². The van der Waals surface area contributed by atoms with Crippen LogP contribution in [-0.4, -0.2) is 10.1 Å². The first-order valence-electron chi connectivity index (χ1n) is 3.01. The molecule has 1 aromatic rings. The second kappa shape index (κ2) is 2.51. The molecule has 0 atom stereocenters. The van der Waals surface area contributed by atoms with Gasteiger partial charge in [-0.15, -0.1) is 0 Å². The Hall–Kier alpha value is -1.32. The molecule has 0 radical (unpaired) electrons. The molecule has 0 aromatic carbocycles. The molecule has 1 heterocycles. The summed E-state index contributed by atoms with van der Waals surface area (Å²) in [5, 5.41) is 19.7. The van der Waals surface area contributed by atoms with E-state index in [2.05, 4.69) is 4.98 Å². The van der Waals surface area contributed by atoms with E-state index in [-0.39, 0.29) is 5.88 Å². The summed E-state index contributed by atoms with van der Waals surface area (Å²) in [4.78, 5) is 3.55. The second-order valence-electron chi connectivity index (χ2n) is 1.88. The maximum absolute atomic E-state index is 10.8. The van der Waals surface area contributed by atoms with Crippen molar-refractivity contribution in [1.82, 2.24) is 4.98 Å². The fourth-order valence-electron chi connectivity index (χ4n) is 0.741. The van der Waals surface area contributed by atoms with Crippen molar-refractivity contribution in [3.8, 4) is 5.88 Å². The van der Waals surface area contributed by atoms with Gasteiger partial charge in [0.25, 0.3) is 11.6 Å². The zero-order chi connectivity index (χ0) is 7.56. The smallest absolute Gasteiger partial charge is 0.282 e. The summed E-state index contributed by atoms with van der Waals surface area (Å²) in [5.74, 6) is -0.181. The monoisotopic (exact) mass is 140 g/mol. The average molecular weight is 140 g/mol. The molecular weight excluding hydrogens is 132 g/mol. The van der Waals surface area contributed by atoms with E-state index >= 15 is 0 Å². The molecule has 0 amide bonds. The molecule has 10 heavy (non-hydrogen) atoms. The molecule has 0 aliphatic heterocycles. The topological polar surface area (TPSA) is 60.1 Å². The molecule has 0 aliphatic carbocycles. The van der Waals surface area contributed by atoms with Crippen molar-refractivity contribution in [2.45, 2.75) is 13.3 Å². The first kappa shape index (κ1) is 6.80. The molecule has 0 bridgehead atoms. The van der Waals surface area contributed by atoms with E-state index in [1.54, 1.807) is 6.92 Å². The molecule has 0 spiro atoms. The molecule has 1 rings (SSSR count). The van der Waals surface area contributed by atoms with E-state index in [4.69, 9.17) is 5.11 Å². The van der Waals surface area contributed by atoms with Crippen molar-refractivity contribution in [2.24, 2.45) is 0 Å². The minimum atomic E-state index is -0.181. The average Bonchev–Trinajstić information content (AvgIpc) is 1.88. The van der Waals surface area contributed by atoms with Gasteiger partial charge >= 0.3 is 0 Å². The predicted molar refractivity (Wildman–Crippen MR) is 34.2 cm³/mol. The largest absolute Gasteiger partial charge is 0.618 e. The van der Waals surface area contributed by atoms with Crippen LogP contribution in [0.2, 0.25) is 0 Å². The van der Waals surface area contributed by atoms with Gasteiger partial charge in [0.05, 0.1) is 6.20 Å². The Morgan fingerprint density at radius 2 is 2.50 bits per heavy atom. The van der Waals surface area contributed by atoms with E-state index in [0.717, 1.165) is 0 Å². The van der Waals surface area contributed by atoms with Crippen molar-refractivity contribution in [3.63, 3.8) is 0 Å². The van der Waals surface area contributed by atoms with Crippen LogP contribution in [0, 0.1) is 5.21 Å². The lowest BCUT2D eigenvalue weighted by Crippen LogP contribution is -2.31. The van der Waals surface area contributed by atoms with Crippen LogP contribution in [0.15, 0.2) is 12.4 Å². The quantitative estimate of drug-likeness (QED) is 0.440. The molecule has 0 unspecified atom stereocenters. The summed E-state index contributed by atoms with van der Waals surface area (Å²) in [7, 11) is 0. The number of aromatic nitrogens is 2. The lowest BCUT2D eigenvalue weighted by atomic mass is 10.3. The lowest BCUT2D eigenvalue weighted by Gasteiger charge is -2.00. The van der Waals surface area contributed by atoms with Crippen molar-refractivity contribution >= 4 is 0 Å². The number of rotatable bonds is 1. The minimum absolute atomic E-state index is 0.181. The lowest BCUT2D eigenvalue weighted by molar-refractivity contribution is -0.615. The van der Waals surface area contributed by atoms with Gasteiger partial charge in [-0.3, -0.25) is 0 Å².